The molecule has 18 heavy (non-hydrogen) atoms. The molecule has 0 bridgehead atoms. The van der Waals surface area contributed by atoms with Crippen LogP contribution in [0.15, 0.2) is 30.6 Å². The van der Waals surface area contributed by atoms with Crippen molar-refractivity contribution in [3.05, 3.63) is 36.2 Å². The highest BCUT2D eigenvalue weighted by atomic mass is 16.5. The van der Waals surface area contributed by atoms with Crippen molar-refractivity contribution in [1.29, 1.82) is 0 Å². The van der Waals surface area contributed by atoms with Crippen LogP contribution in [0.5, 0.6) is 0 Å². The molecule has 0 aliphatic heterocycles. The van der Waals surface area contributed by atoms with Crippen LogP contribution in [-0.2, 0) is 4.74 Å². The number of nitrogens with zero attached hydrogens (tertiary/aromatic N) is 2. The minimum absolute atomic E-state index is 0.0834. The first kappa shape index (κ1) is 13.0. The molecule has 0 aromatic carbocycles. The molecule has 2 unspecified atom stereocenters. The summed E-state index contributed by atoms with van der Waals surface area (Å²) in [6, 6.07) is 6.10. The maximum atomic E-state index is 5.70. The van der Waals surface area contributed by atoms with E-state index in [1.165, 1.54) is 0 Å². The fraction of sp³-hybridized carbons (Fsp3) is 0.462. The third-order valence-electron chi connectivity index (χ3n) is 3.32. The van der Waals surface area contributed by atoms with Crippen LogP contribution in [0.25, 0.3) is 5.52 Å². The Morgan fingerprint density at radius 3 is 3.06 bits per heavy atom. The highest BCUT2D eigenvalue weighted by molar-refractivity contribution is 5.54. The molecule has 3 N–H and O–H groups in total. The second-order valence-corrected chi connectivity index (χ2v) is 4.53. The summed E-state index contributed by atoms with van der Waals surface area (Å²) in [5.74, 6) is 6.08. The number of fused-ring (bicyclic) bond motifs is 1. The van der Waals surface area contributed by atoms with Crippen LogP contribution in [0.1, 0.15) is 24.9 Å². The minimum Gasteiger partial charge on any atom is -0.385 e. The molecule has 0 amide bonds. The highest BCUT2D eigenvalue weighted by Crippen LogP contribution is 2.26. The molecular weight excluding hydrogens is 228 g/mol. The van der Waals surface area contributed by atoms with Crippen molar-refractivity contribution in [3.63, 3.8) is 0 Å². The predicted octanol–water partition coefficient (Wildman–Crippen LogP) is 1.51. The SMILES string of the molecule is COCCC(C)C(NN)c1cnn2ccccc12. The van der Waals surface area contributed by atoms with E-state index in [1.54, 1.807) is 7.11 Å². The van der Waals surface area contributed by atoms with Gasteiger partial charge in [0.2, 0.25) is 0 Å². The van der Waals surface area contributed by atoms with Crippen LogP contribution < -0.4 is 11.3 Å². The molecule has 2 rings (SSSR count). The molecule has 0 spiro atoms. The average Bonchev–Trinajstić information content (AvgIpc) is 2.81. The lowest BCUT2D eigenvalue weighted by Gasteiger charge is -2.22. The van der Waals surface area contributed by atoms with Crippen LogP contribution in [0, 0.1) is 5.92 Å². The zero-order chi connectivity index (χ0) is 13.0. The Hall–Kier alpha value is -1.43. The number of hydrazine groups is 1. The molecule has 98 valence electrons. The molecule has 0 fully saturated rings. The van der Waals surface area contributed by atoms with Crippen LogP contribution in [-0.4, -0.2) is 23.3 Å². The van der Waals surface area contributed by atoms with Gasteiger partial charge >= 0.3 is 0 Å². The van der Waals surface area contributed by atoms with Crippen LogP contribution in [0.2, 0.25) is 0 Å². The van der Waals surface area contributed by atoms with Crippen LogP contribution >= 0.6 is 0 Å². The molecule has 2 aromatic rings. The first-order valence-corrected chi connectivity index (χ1v) is 6.15. The van der Waals surface area contributed by atoms with E-state index in [9.17, 15) is 0 Å². The van der Waals surface area contributed by atoms with Gasteiger partial charge in [0.25, 0.3) is 0 Å². The van der Waals surface area contributed by atoms with Gasteiger partial charge < -0.3 is 4.74 Å². The predicted molar refractivity (Wildman–Crippen MR) is 70.9 cm³/mol. The fourth-order valence-corrected chi connectivity index (χ4v) is 2.22. The standard InChI is InChI=1S/C13H20N4O/c1-10(6-8-18-2)13(16-14)11-9-15-17-7-4-3-5-12(11)17/h3-5,7,9-10,13,16H,6,8,14H2,1-2H3. The van der Waals surface area contributed by atoms with Gasteiger partial charge in [0, 0.05) is 25.5 Å². The zero-order valence-electron chi connectivity index (χ0n) is 10.8. The monoisotopic (exact) mass is 248 g/mol. The van der Waals surface area contributed by atoms with Gasteiger partial charge in [-0.3, -0.25) is 11.3 Å². The molecule has 0 aliphatic rings. The molecule has 0 radical (unpaired) electrons. The Morgan fingerprint density at radius 2 is 2.33 bits per heavy atom. The second kappa shape index (κ2) is 5.95. The topological polar surface area (TPSA) is 64.6 Å². The van der Waals surface area contributed by atoms with Crippen molar-refractivity contribution in [3.8, 4) is 0 Å². The van der Waals surface area contributed by atoms with E-state index < -0.39 is 0 Å². The lowest BCUT2D eigenvalue weighted by Crippen LogP contribution is -2.33. The minimum atomic E-state index is 0.0834. The highest BCUT2D eigenvalue weighted by Gasteiger charge is 2.21. The summed E-state index contributed by atoms with van der Waals surface area (Å²) in [4.78, 5) is 0. The van der Waals surface area contributed by atoms with Gasteiger partial charge in [-0.05, 0) is 24.5 Å². The van der Waals surface area contributed by atoms with Crippen molar-refractivity contribution < 1.29 is 4.74 Å². The van der Waals surface area contributed by atoms with E-state index in [-0.39, 0.29) is 6.04 Å². The number of hydrogen-bond acceptors (Lipinski definition) is 4. The van der Waals surface area contributed by atoms with Gasteiger partial charge in [-0.25, -0.2) is 4.52 Å². The van der Waals surface area contributed by atoms with Crippen LogP contribution in [0.3, 0.4) is 0 Å². The maximum absolute atomic E-state index is 5.70. The maximum Gasteiger partial charge on any atom is 0.0710 e. The lowest BCUT2D eigenvalue weighted by atomic mass is 9.93. The smallest absolute Gasteiger partial charge is 0.0710 e. The van der Waals surface area contributed by atoms with Crippen molar-refractivity contribution in [1.82, 2.24) is 15.0 Å². The number of ether oxygens (including phenoxy) is 1. The number of hydrogen-bond donors (Lipinski definition) is 2. The molecule has 0 aliphatic carbocycles. The van der Waals surface area contributed by atoms with E-state index >= 15 is 0 Å². The average molecular weight is 248 g/mol. The first-order valence-electron chi connectivity index (χ1n) is 6.15. The molecule has 2 atom stereocenters. The Labute approximate surface area is 107 Å². The summed E-state index contributed by atoms with van der Waals surface area (Å²) in [6.07, 6.45) is 4.77. The largest absolute Gasteiger partial charge is 0.385 e. The normalized spacial score (nSPS) is 14.8. The number of rotatable bonds is 6. The number of aromatic nitrogens is 2. The van der Waals surface area contributed by atoms with Gasteiger partial charge in [0.15, 0.2) is 0 Å². The molecular formula is C13H20N4O. The summed E-state index contributed by atoms with van der Waals surface area (Å²) in [5.41, 5.74) is 5.11. The van der Waals surface area contributed by atoms with E-state index in [0.717, 1.165) is 24.1 Å². The van der Waals surface area contributed by atoms with Crippen molar-refractivity contribution in [2.24, 2.45) is 11.8 Å². The number of pyridine rings is 1. The molecule has 0 saturated carbocycles. The summed E-state index contributed by atoms with van der Waals surface area (Å²) < 4.78 is 6.99. The molecule has 2 aromatic heterocycles. The quantitative estimate of drug-likeness (QED) is 0.601. The summed E-state index contributed by atoms with van der Waals surface area (Å²) in [6.45, 7) is 2.90. The molecule has 5 heteroatoms. The van der Waals surface area contributed by atoms with Gasteiger partial charge in [0.05, 0.1) is 17.8 Å². The third kappa shape index (κ3) is 2.53. The number of nitrogens with two attached hydrogens (primary N) is 1. The number of methoxy groups -OCH3 is 1. The Kier molecular flexibility index (Phi) is 4.30. The zero-order valence-corrected chi connectivity index (χ0v) is 10.8. The summed E-state index contributed by atoms with van der Waals surface area (Å²) >= 11 is 0. The molecule has 0 saturated heterocycles. The van der Waals surface area contributed by atoms with E-state index in [1.807, 2.05) is 29.0 Å². The first-order chi connectivity index (χ1) is 8.77. The number of nitrogens with one attached hydrogen (secondary N) is 1. The van der Waals surface area contributed by atoms with Crippen molar-refractivity contribution in [2.75, 3.05) is 13.7 Å². The van der Waals surface area contributed by atoms with Crippen molar-refractivity contribution >= 4 is 5.52 Å². The Bertz CT molecular complexity index is 496. The van der Waals surface area contributed by atoms with Crippen LogP contribution in [0.4, 0.5) is 0 Å². The van der Waals surface area contributed by atoms with E-state index in [2.05, 4.69) is 23.5 Å². The summed E-state index contributed by atoms with van der Waals surface area (Å²) in [5, 5.41) is 4.34. The fourth-order valence-electron chi connectivity index (χ4n) is 2.22. The molecule has 2 heterocycles. The van der Waals surface area contributed by atoms with Gasteiger partial charge in [-0.15, -0.1) is 0 Å². The Balaban J connectivity index is 2.26. The second-order valence-electron chi connectivity index (χ2n) is 4.53. The van der Waals surface area contributed by atoms with Crippen molar-refractivity contribution in [2.45, 2.75) is 19.4 Å². The van der Waals surface area contributed by atoms with Gasteiger partial charge in [-0.2, -0.15) is 5.10 Å². The van der Waals surface area contributed by atoms with E-state index in [4.69, 9.17) is 10.6 Å². The van der Waals surface area contributed by atoms with Gasteiger partial charge in [-0.1, -0.05) is 13.0 Å². The summed E-state index contributed by atoms with van der Waals surface area (Å²) in [7, 11) is 1.72. The lowest BCUT2D eigenvalue weighted by molar-refractivity contribution is 0.170. The Morgan fingerprint density at radius 1 is 1.50 bits per heavy atom. The molecule has 5 nitrogen and oxygen atoms in total. The van der Waals surface area contributed by atoms with Gasteiger partial charge in [0.1, 0.15) is 0 Å². The van der Waals surface area contributed by atoms with E-state index in [0.29, 0.717) is 5.92 Å². The third-order valence-corrected chi connectivity index (χ3v) is 3.32.